The number of amides is 2. The van der Waals surface area contributed by atoms with Gasteiger partial charge in [0.1, 0.15) is 17.6 Å². The van der Waals surface area contributed by atoms with Gasteiger partial charge in [0.25, 0.3) is 0 Å². The predicted octanol–water partition coefficient (Wildman–Crippen LogP) is 2.98. The van der Waals surface area contributed by atoms with E-state index in [0.717, 1.165) is 32.1 Å². The lowest BCUT2D eigenvalue weighted by Gasteiger charge is -2.37. The van der Waals surface area contributed by atoms with Crippen LogP contribution in [-0.2, 0) is 19.1 Å². The topological polar surface area (TPSA) is 107 Å². The van der Waals surface area contributed by atoms with E-state index in [1.54, 1.807) is 15.9 Å². The number of likely N-dealkylation sites (tertiary alicyclic amines) is 1. The van der Waals surface area contributed by atoms with Crippen LogP contribution in [0.25, 0.3) is 0 Å². The maximum Gasteiger partial charge on any atom is 0.310 e. The Morgan fingerprint density at radius 2 is 1.91 bits per heavy atom. The minimum Gasteiger partial charge on any atom is -0.481 e. The number of aliphatic carboxylic acids is 1. The van der Waals surface area contributed by atoms with Gasteiger partial charge < -0.3 is 24.7 Å². The number of carboxylic acids is 1. The maximum absolute atomic E-state index is 14.0. The number of ether oxygens (including phenoxy) is 1. The lowest BCUT2D eigenvalue weighted by atomic mass is 9.65. The number of hydrogen-bond acceptors (Lipinski definition) is 5. The van der Waals surface area contributed by atoms with Gasteiger partial charge in [-0.05, 0) is 38.5 Å². The number of fused-ring (bicyclic) bond motifs is 1. The molecule has 8 nitrogen and oxygen atoms in total. The standard InChI is InChI=1S/C26H42N2O6/c1-4-7-10-16-27(15-5-2)23(31)21-26-14-13-25(6-3,34-26)20(24(32)33)19(26)22(30)28(21)17-11-8-9-12-18-29/h5,19-21,29H,2,4,6-18H2,1,3H3,(H,32,33)/t19-,20-,21?,25+,26?/m0/s1. The van der Waals surface area contributed by atoms with Crippen LogP contribution in [0.15, 0.2) is 12.7 Å². The summed E-state index contributed by atoms with van der Waals surface area (Å²) in [6.07, 6.45) is 9.27. The van der Waals surface area contributed by atoms with Crippen LogP contribution in [0.2, 0.25) is 0 Å². The van der Waals surface area contributed by atoms with Gasteiger partial charge in [-0.3, -0.25) is 14.4 Å². The fraction of sp³-hybridized carbons (Fsp3) is 0.808. The molecule has 0 aliphatic carbocycles. The van der Waals surface area contributed by atoms with Gasteiger partial charge in [-0.2, -0.15) is 0 Å². The number of aliphatic hydroxyl groups excluding tert-OH is 1. The molecule has 3 rings (SSSR count). The van der Waals surface area contributed by atoms with Gasteiger partial charge in [0.15, 0.2) is 0 Å². The molecular weight excluding hydrogens is 436 g/mol. The van der Waals surface area contributed by atoms with Gasteiger partial charge in [0.2, 0.25) is 11.8 Å². The molecule has 2 N–H and O–H groups in total. The van der Waals surface area contributed by atoms with E-state index in [-0.39, 0.29) is 18.4 Å². The molecule has 0 aromatic carbocycles. The van der Waals surface area contributed by atoms with Gasteiger partial charge in [-0.1, -0.05) is 45.6 Å². The number of carbonyl (C=O) groups excluding carboxylic acids is 2. The zero-order chi connectivity index (χ0) is 24.9. The molecule has 3 aliphatic heterocycles. The second-order valence-corrected chi connectivity index (χ2v) is 10.1. The summed E-state index contributed by atoms with van der Waals surface area (Å²) >= 11 is 0. The van der Waals surface area contributed by atoms with E-state index in [1.807, 2.05) is 6.92 Å². The van der Waals surface area contributed by atoms with Gasteiger partial charge in [-0.25, -0.2) is 0 Å². The first-order valence-corrected chi connectivity index (χ1v) is 13.1. The molecule has 3 fully saturated rings. The SMILES string of the molecule is C=CCN(CCCCC)C(=O)C1N(CCCCCCO)C(=O)[C@@H]2[C@@H](C(=O)O)[C@@]3(CC)CCC12O3. The Balaban J connectivity index is 1.94. The highest BCUT2D eigenvalue weighted by molar-refractivity contribution is 5.98. The Hall–Kier alpha value is -1.93. The minimum absolute atomic E-state index is 0.135. The molecule has 3 saturated heterocycles. The first kappa shape index (κ1) is 26.7. The molecule has 3 aliphatic rings. The average Bonchev–Trinajstić information content (AvgIpc) is 3.42. The van der Waals surface area contributed by atoms with Crippen LogP contribution < -0.4 is 0 Å². The number of carbonyl (C=O) groups is 3. The molecule has 1 spiro atoms. The third-order valence-corrected chi connectivity index (χ3v) is 8.18. The normalized spacial score (nSPS) is 31.7. The second kappa shape index (κ2) is 11.2. The van der Waals surface area contributed by atoms with Crippen LogP contribution in [0.1, 0.15) is 78.1 Å². The van der Waals surface area contributed by atoms with Crippen LogP contribution in [0.4, 0.5) is 0 Å². The van der Waals surface area contributed by atoms with Gasteiger partial charge >= 0.3 is 5.97 Å². The number of hydrogen-bond donors (Lipinski definition) is 2. The Bertz CT molecular complexity index is 772. The Labute approximate surface area is 203 Å². The predicted molar refractivity (Wildman–Crippen MR) is 128 cm³/mol. The van der Waals surface area contributed by atoms with Crippen LogP contribution >= 0.6 is 0 Å². The van der Waals surface area contributed by atoms with Crippen molar-refractivity contribution in [2.75, 3.05) is 26.2 Å². The van der Waals surface area contributed by atoms with Crippen molar-refractivity contribution in [2.24, 2.45) is 11.8 Å². The lowest BCUT2D eigenvalue weighted by Crippen LogP contribution is -2.56. The number of unbranched alkanes of at least 4 members (excludes halogenated alkanes) is 5. The summed E-state index contributed by atoms with van der Waals surface area (Å²) in [5.41, 5.74) is -1.97. The smallest absolute Gasteiger partial charge is 0.310 e. The maximum atomic E-state index is 14.0. The van der Waals surface area contributed by atoms with E-state index in [9.17, 15) is 19.5 Å². The number of aliphatic hydroxyl groups is 1. The van der Waals surface area contributed by atoms with E-state index in [2.05, 4.69) is 13.5 Å². The van der Waals surface area contributed by atoms with Crippen LogP contribution in [0.3, 0.4) is 0 Å². The molecule has 8 heteroatoms. The number of carboxylic acid groups (broad SMARTS) is 1. The summed E-state index contributed by atoms with van der Waals surface area (Å²) in [6, 6.07) is -0.804. The molecule has 0 saturated carbocycles. The van der Waals surface area contributed by atoms with Crippen molar-refractivity contribution in [3.8, 4) is 0 Å². The minimum atomic E-state index is -1.08. The molecular formula is C26H42N2O6. The molecule has 2 amide bonds. The molecule has 3 heterocycles. The van der Waals surface area contributed by atoms with Gasteiger partial charge in [0, 0.05) is 26.2 Å². The zero-order valence-electron chi connectivity index (χ0n) is 20.8. The van der Waals surface area contributed by atoms with Gasteiger partial charge in [-0.15, -0.1) is 6.58 Å². The van der Waals surface area contributed by atoms with Crippen molar-refractivity contribution in [1.82, 2.24) is 9.80 Å². The summed E-state index contributed by atoms with van der Waals surface area (Å²) in [5, 5.41) is 19.2. The molecule has 0 radical (unpaired) electrons. The van der Waals surface area contributed by atoms with Crippen molar-refractivity contribution in [1.29, 1.82) is 0 Å². The van der Waals surface area contributed by atoms with Crippen molar-refractivity contribution in [2.45, 2.75) is 95.3 Å². The summed E-state index contributed by atoms with van der Waals surface area (Å²) in [5.74, 6) is -3.17. The van der Waals surface area contributed by atoms with Crippen molar-refractivity contribution < 1.29 is 29.3 Å². The number of nitrogens with zero attached hydrogens (tertiary/aromatic N) is 2. The Kier molecular flexibility index (Phi) is 8.79. The van der Waals surface area contributed by atoms with E-state index in [1.165, 1.54) is 0 Å². The molecule has 34 heavy (non-hydrogen) atoms. The molecule has 5 atom stereocenters. The monoisotopic (exact) mass is 478 g/mol. The fourth-order valence-corrected chi connectivity index (χ4v) is 6.53. The first-order chi connectivity index (χ1) is 16.3. The zero-order valence-corrected chi connectivity index (χ0v) is 20.8. The Morgan fingerprint density at radius 3 is 2.53 bits per heavy atom. The molecule has 192 valence electrons. The van der Waals surface area contributed by atoms with Crippen LogP contribution in [0, 0.1) is 11.8 Å². The number of rotatable bonds is 15. The fourth-order valence-electron chi connectivity index (χ4n) is 6.53. The quantitative estimate of drug-likeness (QED) is 0.277. The summed E-state index contributed by atoms with van der Waals surface area (Å²) in [6.45, 7) is 9.33. The third kappa shape index (κ3) is 4.51. The Morgan fingerprint density at radius 1 is 1.18 bits per heavy atom. The summed E-state index contributed by atoms with van der Waals surface area (Å²) in [7, 11) is 0. The lowest BCUT2D eigenvalue weighted by molar-refractivity contribution is -0.157. The summed E-state index contributed by atoms with van der Waals surface area (Å²) < 4.78 is 6.58. The van der Waals surface area contributed by atoms with Crippen molar-refractivity contribution >= 4 is 17.8 Å². The van der Waals surface area contributed by atoms with Crippen molar-refractivity contribution in [3.05, 3.63) is 12.7 Å². The molecule has 0 aromatic heterocycles. The van der Waals surface area contributed by atoms with Gasteiger partial charge in [0.05, 0.1) is 11.5 Å². The molecule has 2 bridgehead atoms. The van der Waals surface area contributed by atoms with Crippen LogP contribution in [-0.4, -0.2) is 81.3 Å². The average molecular weight is 479 g/mol. The van der Waals surface area contributed by atoms with E-state index >= 15 is 0 Å². The summed E-state index contributed by atoms with van der Waals surface area (Å²) in [4.78, 5) is 43.6. The molecule has 0 aromatic rings. The highest BCUT2D eigenvalue weighted by Crippen LogP contribution is 2.64. The third-order valence-electron chi connectivity index (χ3n) is 8.18. The van der Waals surface area contributed by atoms with E-state index in [0.29, 0.717) is 51.7 Å². The highest BCUT2D eigenvalue weighted by Gasteiger charge is 2.78. The van der Waals surface area contributed by atoms with E-state index < -0.39 is 35.0 Å². The largest absolute Gasteiger partial charge is 0.481 e. The van der Waals surface area contributed by atoms with E-state index in [4.69, 9.17) is 9.84 Å². The first-order valence-electron chi connectivity index (χ1n) is 13.1. The van der Waals surface area contributed by atoms with Crippen LogP contribution in [0.5, 0.6) is 0 Å². The highest BCUT2D eigenvalue weighted by atomic mass is 16.5. The molecule has 2 unspecified atom stereocenters. The van der Waals surface area contributed by atoms with Crippen molar-refractivity contribution in [3.63, 3.8) is 0 Å². The second-order valence-electron chi connectivity index (χ2n) is 10.1.